The lowest BCUT2D eigenvalue weighted by atomic mass is 10.1. The van der Waals surface area contributed by atoms with Gasteiger partial charge in [-0.15, -0.1) is 0 Å². The van der Waals surface area contributed by atoms with E-state index in [2.05, 4.69) is 53.5 Å². The summed E-state index contributed by atoms with van der Waals surface area (Å²) in [5, 5.41) is 17.0. The lowest BCUT2D eigenvalue weighted by molar-refractivity contribution is -0.130. The van der Waals surface area contributed by atoms with Crippen LogP contribution in [-0.2, 0) is 9.59 Å². The Balaban J connectivity index is 1.89. The minimum Gasteiger partial charge on any atom is -0.339 e. The second kappa shape index (κ2) is 14.2. The lowest BCUT2D eigenvalue weighted by Gasteiger charge is -2.14. The van der Waals surface area contributed by atoms with E-state index in [1.165, 1.54) is 5.48 Å². The number of benzene rings is 2. The summed E-state index contributed by atoms with van der Waals surface area (Å²) in [6, 6.07) is 12.5. The van der Waals surface area contributed by atoms with Crippen LogP contribution in [0.15, 0.2) is 48.5 Å². The molecule has 0 spiro atoms. The Morgan fingerprint density at radius 3 is 2.03 bits per heavy atom. The maximum Gasteiger partial charge on any atom is 0.267 e. The predicted octanol–water partition coefficient (Wildman–Crippen LogP) is 0.836. The van der Waals surface area contributed by atoms with Crippen molar-refractivity contribution in [2.75, 3.05) is 25.0 Å². The molecule has 0 aromatic heterocycles. The number of hydrogen-bond acceptors (Lipinski definition) is 6. The predicted molar refractivity (Wildman–Crippen MR) is 133 cm³/mol. The summed E-state index contributed by atoms with van der Waals surface area (Å²) in [4.78, 5) is 35.5. The number of amides is 3. The van der Waals surface area contributed by atoms with Crippen LogP contribution in [0.4, 0.5) is 5.69 Å². The van der Waals surface area contributed by atoms with Gasteiger partial charge in [-0.3, -0.25) is 19.6 Å². The Morgan fingerprint density at radius 2 is 1.51 bits per heavy atom. The first kappa shape index (κ1) is 27.1. The first-order valence-corrected chi connectivity index (χ1v) is 11.0. The van der Waals surface area contributed by atoms with Gasteiger partial charge in [-0.25, -0.2) is 5.48 Å². The summed E-state index contributed by atoms with van der Waals surface area (Å²) in [7, 11) is 0. The highest BCUT2D eigenvalue weighted by molar-refractivity contribution is 5.97. The highest BCUT2D eigenvalue weighted by atomic mass is 16.5. The van der Waals surface area contributed by atoms with Gasteiger partial charge < -0.3 is 21.7 Å². The normalized spacial score (nSPS) is 10.8. The van der Waals surface area contributed by atoms with Crippen molar-refractivity contribution >= 4 is 23.4 Å². The Hall–Kier alpha value is -4.15. The van der Waals surface area contributed by atoms with Crippen LogP contribution in [0.1, 0.15) is 35.3 Å². The van der Waals surface area contributed by atoms with Crippen molar-refractivity contribution in [3.63, 3.8) is 0 Å². The van der Waals surface area contributed by atoms with E-state index in [1.807, 2.05) is 0 Å². The van der Waals surface area contributed by atoms with Gasteiger partial charge in [0.05, 0.1) is 6.54 Å². The summed E-state index contributed by atoms with van der Waals surface area (Å²) in [5.41, 5.74) is 9.30. The lowest BCUT2D eigenvalue weighted by Crippen LogP contribution is -2.50. The van der Waals surface area contributed by atoms with Crippen LogP contribution < -0.4 is 27.2 Å². The van der Waals surface area contributed by atoms with Gasteiger partial charge in [0, 0.05) is 28.9 Å². The Kier molecular flexibility index (Phi) is 11.0. The number of carbonyl (C=O) groups excluding carboxylic acids is 3. The average molecular weight is 476 g/mol. The van der Waals surface area contributed by atoms with Crippen LogP contribution >= 0.6 is 0 Å². The molecule has 9 nitrogen and oxygen atoms in total. The molecule has 0 bridgehead atoms. The van der Waals surface area contributed by atoms with Crippen LogP contribution in [0.3, 0.4) is 0 Å². The van der Waals surface area contributed by atoms with Gasteiger partial charge in [-0.1, -0.05) is 25.7 Å². The van der Waals surface area contributed by atoms with E-state index in [0.29, 0.717) is 22.7 Å². The van der Waals surface area contributed by atoms with Gasteiger partial charge >= 0.3 is 0 Å². The smallest absolute Gasteiger partial charge is 0.267 e. The van der Waals surface area contributed by atoms with Crippen molar-refractivity contribution in [2.24, 2.45) is 11.7 Å². The molecule has 7 N–H and O–H groups in total. The molecule has 0 aliphatic heterocycles. The molecule has 1 atom stereocenters. The van der Waals surface area contributed by atoms with Gasteiger partial charge in [0.2, 0.25) is 5.91 Å². The van der Waals surface area contributed by atoms with Crippen molar-refractivity contribution in [3.8, 4) is 23.7 Å². The molecule has 35 heavy (non-hydrogen) atoms. The minimum atomic E-state index is -1.04. The maximum atomic E-state index is 12.2. The molecule has 2 rings (SSSR count). The van der Waals surface area contributed by atoms with Crippen LogP contribution in [0, 0.1) is 29.6 Å². The van der Waals surface area contributed by atoms with Gasteiger partial charge in [-0.05, 0) is 72.8 Å². The van der Waals surface area contributed by atoms with E-state index in [4.69, 9.17) is 10.9 Å². The van der Waals surface area contributed by atoms with Crippen LogP contribution in [0.5, 0.6) is 0 Å². The molecular weight excluding hydrogens is 446 g/mol. The number of carbonyl (C=O) groups is 3. The van der Waals surface area contributed by atoms with Crippen molar-refractivity contribution < 1.29 is 19.6 Å². The third-order valence-electron chi connectivity index (χ3n) is 4.60. The average Bonchev–Trinajstić information content (AvgIpc) is 2.85. The van der Waals surface area contributed by atoms with Gasteiger partial charge in [0.15, 0.2) is 0 Å². The fraction of sp³-hybridized carbons (Fsp3) is 0.269. The molecule has 3 amide bonds. The first-order chi connectivity index (χ1) is 16.8. The van der Waals surface area contributed by atoms with Crippen molar-refractivity contribution in [2.45, 2.75) is 19.9 Å². The molecule has 0 saturated carbocycles. The number of hydroxylamine groups is 1. The molecule has 2 aromatic carbocycles. The zero-order valence-corrected chi connectivity index (χ0v) is 19.6. The molecule has 0 aliphatic carbocycles. The molecule has 0 saturated heterocycles. The van der Waals surface area contributed by atoms with E-state index in [9.17, 15) is 14.4 Å². The van der Waals surface area contributed by atoms with Crippen molar-refractivity contribution in [1.82, 2.24) is 16.1 Å². The number of nitrogens with one attached hydrogen (secondary N) is 4. The Labute approximate surface area is 204 Å². The third kappa shape index (κ3) is 9.70. The van der Waals surface area contributed by atoms with Gasteiger partial charge in [-0.2, -0.15) is 0 Å². The summed E-state index contributed by atoms with van der Waals surface area (Å²) >= 11 is 0. The number of anilines is 1. The summed E-state index contributed by atoms with van der Waals surface area (Å²) < 4.78 is 0. The molecule has 0 heterocycles. The highest BCUT2D eigenvalue weighted by Gasteiger charge is 2.19. The largest absolute Gasteiger partial charge is 0.339 e. The first-order valence-electron chi connectivity index (χ1n) is 11.0. The maximum absolute atomic E-state index is 12.2. The van der Waals surface area contributed by atoms with Gasteiger partial charge in [0.1, 0.15) is 6.04 Å². The molecule has 0 radical (unpaired) electrons. The second-order valence-corrected chi connectivity index (χ2v) is 7.97. The van der Waals surface area contributed by atoms with E-state index in [-0.39, 0.29) is 19.0 Å². The van der Waals surface area contributed by atoms with Crippen molar-refractivity contribution in [3.05, 3.63) is 65.2 Å². The summed E-state index contributed by atoms with van der Waals surface area (Å²) in [6.07, 6.45) is 0. The van der Waals surface area contributed by atoms with E-state index in [0.717, 1.165) is 12.1 Å². The number of rotatable bonds is 9. The molecule has 0 fully saturated rings. The van der Waals surface area contributed by atoms with Gasteiger partial charge in [0.25, 0.3) is 11.8 Å². The third-order valence-corrected chi connectivity index (χ3v) is 4.60. The molecule has 0 unspecified atom stereocenters. The molecule has 9 heteroatoms. The summed E-state index contributed by atoms with van der Waals surface area (Å²) in [5.74, 6) is 10.4. The number of hydrogen-bond donors (Lipinski definition) is 6. The molecule has 2 aromatic rings. The fourth-order valence-corrected chi connectivity index (χ4v) is 2.78. The fourth-order valence-electron chi connectivity index (χ4n) is 2.78. The Bertz CT molecular complexity index is 1140. The highest BCUT2D eigenvalue weighted by Crippen LogP contribution is 2.08. The molecule has 182 valence electrons. The number of nitrogens with two attached hydrogens (primary N) is 1. The minimum absolute atomic E-state index is 0.103. The zero-order valence-electron chi connectivity index (χ0n) is 19.6. The van der Waals surface area contributed by atoms with Crippen LogP contribution in [0.2, 0.25) is 0 Å². The van der Waals surface area contributed by atoms with Crippen LogP contribution in [-0.4, -0.2) is 48.6 Å². The topological polar surface area (TPSA) is 146 Å². The van der Waals surface area contributed by atoms with Crippen molar-refractivity contribution in [1.29, 1.82) is 0 Å². The Morgan fingerprint density at radius 1 is 0.943 bits per heavy atom. The second-order valence-electron chi connectivity index (χ2n) is 7.97. The van der Waals surface area contributed by atoms with E-state index >= 15 is 0 Å². The van der Waals surface area contributed by atoms with E-state index < -0.39 is 17.9 Å². The van der Waals surface area contributed by atoms with Crippen LogP contribution in [0.25, 0.3) is 0 Å². The molecule has 0 aliphatic rings. The SMILES string of the molecule is CC(C)CNCC(=O)Nc1ccc(C#CC#Cc2ccc(C(=O)N[C@@H](CN)C(=O)NO)cc2)cc1. The standard InChI is InChI=1S/C26H29N5O4/c1-18(2)16-28-17-24(32)29-22-13-9-20(10-14-22)6-4-3-5-19-7-11-21(12-8-19)25(33)30-23(15-27)26(34)31-35/h7-14,18,23,28,35H,15-17,27H2,1-2H3,(H,29,32)(H,30,33)(H,31,34)/t23-/m0/s1. The summed E-state index contributed by atoms with van der Waals surface area (Å²) in [6.45, 7) is 5.04. The zero-order chi connectivity index (χ0) is 25.6. The molecular formula is C26H29N5O4. The monoisotopic (exact) mass is 475 g/mol. The quantitative estimate of drug-likeness (QED) is 0.180. The van der Waals surface area contributed by atoms with E-state index in [1.54, 1.807) is 48.5 Å².